The standard InChI is InChI=1S/C19H22N2O5S/c1-13-20-15(12-27-13)5-6-18(22)21(11-19(23)26-4)10-14-7-16(24-2)9-17(8-14)25-3/h5-9,12H,10-11H2,1-4H3/b6-5+. The molecule has 0 unspecified atom stereocenters. The van der Waals surface area contributed by atoms with Crippen LogP contribution in [0, 0.1) is 6.92 Å². The van der Waals surface area contributed by atoms with E-state index in [2.05, 4.69) is 4.98 Å². The molecule has 1 heterocycles. The van der Waals surface area contributed by atoms with E-state index in [4.69, 9.17) is 14.2 Å². The first-order chi connectivity index (χ1) is 12.9. The van der Waals surface area contributed by atoms with Crippen LogP contribution in [0.2, 0.25) is 0 Å². The van der Waals surface area contributed by atoms with Gasteiger partial charge in [0.25, 0.3) is 0 Å². The molecule has 0 N–H and O–H groups in total. The van der Waals surface area contributed by atoms with Crippen LogP contribution in [-0.2, 0) is 20.9 Å². The first kappa shape index (κ1) is 20.4. The number of nitrogens with zero attached hydrogens (tertiary/aromatic N) is 2. The van der Waals surface area contributed by atoms with E-state index in [9.17, 15) is 9.59 Å². The zero-order chi connectivity index (χ0) is 19.8. The minimum absolute atomic E-state index is 0.171. The Morgan fingerprint density at radius 3 is 2.33 bits per heavy atom. The third kappa shape index (κ3) is 6.10. The van der Waals surface area contributed by atoms with Gasteiger partial charge in [-0.3, -0.25) is 9.59 Å². The van der Waals surface area contributed by atoms with Crippen LogP contribution in [0.15, 0.2) is 29.7 Å². The molecule has 0 aliphatic heterocycles. The Labute approximate surface area is 162 Å². The van der Waals surface area contributed by atoms with Crippen molar-refractivity contribution in [3.63, 3.8) is 0 Å². The molecule has 0 saturated carbocycles. The van der Waals surface area contributed by atoms with Gasteiger partial charge in [0, 0.05) is 24.1 Å². The van der Waals surface area contributed by atoms with Crippen molar-refractivity contribution in [2.75, 3.05) is 27.9 Å². The van der Waals surface area contributed by atoms with Crippen molar-refractivity contribution in [3.8, 4) is 11.5 Å². The highest BCUT2D eigenvalue weighted by atomic mass is 32.1. The quantitative estimate of drug-likeness (QED) is 0.509. The number of amides is 1. The Hall–Kier alpha value is -2.87. The van der Waals surface area contributed by atoms with E-state index in [1.54, 1.807) is 38.5 Å². The highest BCUT2D eigenvalue weighted by Crippen LogP contribution is 2.23. The fraction of sp³-hybridized carbons (Fsp3) is 0.316. The van der Waals surface area contributed by atoms with Crippen molar-refractivity contribution in [1.29, 1.82) is 0 Å². The highest BCUT2D eigenvalue weighted by Gasteiger charge is 2.17. The van der Waals surface area contributed by atoms with Crippen molar-refractivity contribution < 1.29 is 23.8 Å². The summed E-state index contributed by atoms with van der Waals surface area (Å²) in [4.78, 5) is 30.0. The predicted molar refractivity (Wildman–Crippen MR) is 103 cm³/mol. The Balaban J connectivity index is 2.22. The molecule has 0 atom stereocenters. The summed E-state index contributed by atoms with van der Waals surface area (Å²) in [6.07, 6.45) is 3.02. The normalized spacial score (nSPS) is 10.7. The molecular weight excluding hydrogens is 368 g/mol. The molecule has 0 spiro atoms. The molecule has 2 rings (SSSR count). The topological polar surface area (TPSA) is 78.0 Å². The van der Waals surface area contributed by atoms with Crippen LogP contribution in [0.5, 0.6) is 11.5 Å². The number of esters is 1. The van der Waals surface area contributed by atoms with Crippen molar-refractivity contribution in [2.45, 2.75) is 13.5 Å². The Morgan fingerprint density at radius 1 is 1.15 bits per heavy atom. The van der Waals surface area contributed by atoms with E-state index in [0.717, 1.165) is 10.6 Å². The van der Waals surface area contributed by atoms with Gasteiger partial charge in [-0.25, -0.2) is 4.98 Å². The van der Waals surface area contributed by atoms with E-state index in [-0.39, 0.29) is 19.0 Å². The molecule has 0 radical (unpaired) electrons. The second-order valence-electron chi connectivity index (χ2n) is 5.62. The molecule has 0 saturated heterocycles. The number of hydrogen-bond acceptors (Lipinski definition) is 7. The summed E-state index contributed by atoms with van der Waals surface area (Å²) in [6.45, 7) is 1.92. The van der Waals surface area contributed by atoms with Gasteiger partial charge in [0.2, 0.25) is 5.91 Å². The second-order valence-corrected chi connectivity index (χ2v) is 6.68. The second kappa shape index (κ2) is 9.72. The number of carbonyl (C=O) groups excluding carboxylic acids is 2. The van der Waals surface area contributed by atoms with Crippen molar-refractivity contribution in [3.05, 3.63) is 45.9 Å². The van der Waals surface area contributed by atoms with E-state index in [1.807, 2.05) is 12.3 Å². The molecule has 27 heavy (non-hydrogen) atoms. The van der Waals surface area contributed by atoms with Gasteiger partial charge in [0.1, 0.15) is 18.0 Å². The van der Waals surface area contributed by atoms with Crippen molar-refractivity contribution in [2.24, 2.45) is 0 Å². The minimum atomic E-state index is -0.504. The van der Waals surface area contributed by atoms with Crippen LogP contribution in [0.25, 0.3) is 6.08 Å². The zero-order valence-electron chi connectivity index (χ0n) is 15.7. The van der Waals surface area contributed by atoms with Gasteiger partial charge >= 0.3 is 5.97 Å². The maximum atomic E-state index is 12.6. The van der Waals surface area contributed by atoms with Gasteiger partial charge in [-0.2, -0.15) is 0 Å². The van der Waals surface area contributed by atoms with E-state index in [0.29, 0.717) is 17.2 Å². The van der Waals surface area contributed by atoms with Crippen LogP contribution in [0.3, 0.4) is 0 Å². The number of thiazole rings is 1. The summed E-state index contributed by atoms with van der Waals surface area (Å²) in [5.41, 5.74) is 1.47. The van der Waals surface area contributed by atoms with E-state index in [1.165, 1.54) is 29.4 Å². The Bertz CT molecular complexity index is 809. The first-order valence-corrected chi connectivity index (χ1v) is 9.01. The molecule has 7 nitrogen and oxygen atoms in total. The SMILES string of the molecule is COC(=O)CN(Cc1cc(OC)cc(OC)c1)C(=O)/C=C/c1csc(C)n1. The number of ether oxygens (including phenoxy) is 3. The molecule has 0 aliphatic rings. The number of methoxy groups -OCH3 is 3. The molecule has 8 heteroatoms. The Morgan fingerprint density at radius 2 is 1.81 bits per heavy atom. The van der Waals surface area contributed by atoms with E-state index >= 15 is 0 Å². The molecule has 1 aromatic carbocycles. The molecule has 0 aliphatic carbocycles. The third-order valence-corrected chi connectivity index (χ3v) is 4.47. The third-order valence-electron chi connectivity index (χ3n) is 3.68. The summed E-state index contributed by atoms with van der Waals surface area (Å²) in [5.74, 6) is 0.371. The van der Waals surface area contributed by atoms with Crippen LogP contribution in [0.1, 0.15) is 16.3 Å². The predicted octanol–water partition coefficient (Wildman–Crippen LogP) is 2.68. The zero-order valence-corrected chi connectivity index (χ0v) is 16.5. The van der Waals surface area contributed by atoms with Gasteiger partial charge in [-0.15, -0.1) is 11.3 Å². The fourth-order valence-corrected chi connectivity index (χ4v) is 2.91. The number of hydrogen-bond donors (Lipinski definition) is 0. The largest absolute Gasteiger partial charge is 0.497 e. The number of aromatic nitrogens is 1. The summed E-state index contributed by atoms with van der Waals surface area (Å²) in [7, 11) is 4.39. The highest BCUT2D eigenvalue weighted by molar-refractivity contribution is 7.09. The number of rotatable bonds is 8. The first-order valence-electron chi connectivity index (χ1n) is 8.13. The average molecular weight is 390 g/mol. The van der Waals surface area contributed by atoms with Gasteiger partial charge in [-0.1, -0.05) is 0 Å². The van der Waals surface area contributed by atoms with Crippen LogP contribution in [0.4, 0.5) is 0 Å². The van der Waals surface area contributed by atoms with Crippen molar-refractivity contribution in [1.82, 2.24) is 9.88 Å². The van der Waals surface area contributed by atoms with Gasteiger partial charge in [-0.05, 0) is 30.7 Å². The molecule has 2 aromatic rings. The summed E-state index contributed by atoms with van der Waals surface area (Å²) < 4.78 is 15.2. The number of carbonyl (C=O) groups is 2. The molecule has 0 bridgehead atoms. The van der Waals surface area contributed by atoms with Gasteiger partial charge < -0.3 is 19.1 Å². The van der Waals surface area contributed by atoms with Crippen LogP contribution < -0.4 is 9.47 Å². The maximum absolute atomic E-state index is 12.6. The summed E-state index contributed by atoms with van der Waals surface area (Å²) >= 11 is 1.50. The smallest absolute Gasteiger partial charge is 0.325 e. The molecule has 144 valence electrons. The van der Waals surface area contributed by atoms with Crippen LogP contribution >= 0.6 is 11.3 Å². The fourth-order valence-electron chi connectivity index (χ4n) is 2.33. The molecule has 1 aromatic heterocycles. The summed E-state index contributed by atoms with van der Waals surface area (Å²) in [6, 6.07) is 5.31. The maximum Gasteiger partial charge on any atom is 0.325 e. The minimum Gasteiger partial charge on any atom is -0.497 e. The van der Waals surface area contributed by atoms with Crippen LogP contribution in [-0.4, -0.2) is 49.6 Å². The lowest BCUT2D eigenvalue weighted by Crippen LogP contribution is -2.34. The Kier molecular flexibility index (Phi) is 7.36. The lowest BCUT2D eigenvalue weighted by atomic mass is 10.1. The average Bonchev–Trinajstić information content (AvgIpc) is 3.10. The monoisotopic (exact) mass is 390 g/mol. The van der Waals surface area contributed by atoms with Crippen molar-refractivity contribution >= 4 is 29.3 Å². The lowest BCUT2D eigenvalue weighted by molar-refractivity contribution is -0.145. The van der Waals surface area contributed by atoms with Gasteiger partial charge in [0.05, 0.1) is 32.0 Å². The molecule has 1 amide bonds. The molecule has 0 fully saturated rings. The lowest BCUT2D eigenvalue weighted by Gasteiger charge is -2.20. The van der Waals surface area contributed by atoms with E-state index < -0.39 is 5.97 Å². The van der Waals surface area contributed by atoms with Gasteiger partial charge in [0.15, 0.2) is 0 Å². The number of benzene rings is 1. The molecular formula is C19H22N2O5S. The summed E-state index contributed by atoms with van der Waals surface area (Å²) in [5, 5.41) is 2.77. The number of aryl methyl sites for hydroxylation is 1.